The Labute approximate surface area is 120 Å². The molecule has 3 heteroatoms. The van der Waals surface area contributed by atoms with Gasteiger partial charge in [-0.2, -0.15) is 0 Å². The van der Waals surface area contributed by atoms with Crippen LogP contribution in [0.2, 0.25) is 0 Å². The van der Waals surface area contributed by atoms with E-state index < -0.39 is 0 Å². The third-order valence-corrected chi connectivity index (χ3v) is 5.09. The summed E-state index contributed by atoms with van der Waals surface area (Å²) in [6.07, 6.45) is 4.79. The molecule has 2 aliphatic rings. The van der Waals surface area contributed by atoms with Gasteiger partial charge in [0.25, 0.3) is 0 Å². The van der Waals surface area contributed by atoms with Gasteiger partial charge >= 0.3 is 0 Å². The summed E-state index contributed by atoms with van der Waals surface area (Å²) in [6, 6.07) is 8.13. The fourth-order valence-corrected chi connectivity index (χ4v) is 3.48. The molecule has 3 rings (SSSR count). The Hall–Kier alpha value is -1.35. The van der Waals surface area contributed by atoms with Crippen LogP contribution in [0.25, 0.3) is 0 Å². The van der Waals surface area contributed by atoms with Gasteiger partial charge in [-0.25, -0.2) is 0 Å². The van der Waals surface area contributed by atoms with E-state index in [1.807, 2.05) is 18.2 Å². The number of fused-ring (bicyclic) bond motifs is 1. The molecule has 2 N–H and O–H groups in total. The molecule has 0 aliphatic heterocycles. The minimum absolute atomic E-state index is 0.0195. The van der Waals surface area contributed by atoms with Crippen molar-refractivity contribution >= 4 is 5.91 Å². The second-order valence-electron chi connectivity index (χ2n) is 6.57. The third-order valence-electron chi connectivity index (χ3n) is 5.09. The Morgan fingerprint density at radius 2 is 2.05 bits per heavy atom. The Bertz CT molecular complexity index is 503. The van der Waals surface area contributed by atoms with Crippen LogP contribution in [0.1, 0.15) is 49.7 Å². The van der Waals surface area contributed by atoms with Crippen LogP contribution in [0.4, 0.5) is 0 Å². The SMILES string of the molecule is CC1CCC(CO)(NC(=O)C2Cc3ccccc32)CC1. The number of carbonyl (C=O) groups is 1. The minimum Gasteiger partial charge on any atom is -0.394 e. The van der Waals surface area contributed by atoms with Crippen LogP contribution < -0.4 is 5.32 Å². The van der Waals surface area contributed by atoms with E-state index in [2.05, 4.69) is 18.3 Å². The smallest absolute Gasteiger partial charge is 0.228 e. The zero-order valence-electron chi connectivity index (χ0n) is 12.1. The first-order chi connectivity index (χ1) is 9.63. The summed E-state index contributed by atoms with van der Waals surface area (Å²) in [4.78, 5) is 12.5. The molecule has 2 aliphatic carbocycles. The number of aliphatic hydroxyl groups excluding tert-OH is 1. The van der Waals surface area contributed by atoms with E-state index in [0.717, 1.165) is 37.7 Å². The molecule has 0 radical (unpaired) electrons. The topological polar surface area (TPSA) is 49.3 Å². The normalized spacial score (nSPS) is 32.1. The Balaban J connectivity index is 1.67. The molecular formula is C17H23NO2. The molecule has 1 unspecified atom stereocenters. The number of benzene rings is 1. The molecule has 1 fully saturated rings. The molecule has 3 nitrogen and oxygen atoms in total. The Morgan fingerprint density at radius 3 is 2.70 bits per heavy atom. The van der Waals surface area contributed by atoms with Gasteiger partial charge in [-0.1, -0.05) is 31.2 Å². The summed E-state index contributed by atoms with van der Waals surface area (Å²) in [6.45, 7) is 2.30. The van der Waals surface area contributed by atoms with Crippen molar-refractivity contribution in [2.24, 2.45) is 5.92 Å². The summed E-state index contributed by atoms with van der Waals surface area (Å²) in [5.41, 5.74) is 2.05. The van der Waals surface area contributed by atoms with Gasteiger partial charge in [-0.3, -0.25) is 4.79 Å². The highest BCUT2D eigenvalue weighted by Gasteiger charge is 2.39. The van der Waals surface area contributed by atoms with E-state index in [9.17, 15) is 9.90 Å². The van der Waals surface area contributed by atoms with Crippen LogP contribution in [-0.2, 0) is 11.2 Å². The standard InChI is InChI=1S/C17H23NO2/c1-12-6-8-17(11-19,9-7-12)18-16(20)15-10-13-4-2-3-5-14(13)15/h2-5,12,15,19H,6-11H2,1H3,(H,18,20). The highest BCUT2D eigenvalue weighted by atomic mass is 16.3. The van der Waals surface area contributed by atoms with Gasteiger partial charge in [-0.15, -0.1) is 0 Å². The number of amides is 1. The van der Waals surface area contributed by atoms with Crippen LogP contribution >= 0.6 is 0 Å². The molecule has 1 amide bonds. The number of carbonyl (C=O) groups excluding carboxylic acids is 1. The maximum Gasteiger partial charge on any atom is 0.228 e. The summed E-state index contributed by atoms with van der Waals surface area (Å²) < 4.78 is 0. The number of hydrogen-bond acceptors (Lipinski definition) is 2. The predicted molar refractivity (Wildman–Crippen MR) is 78.5 cm³/mol. The summed E-state index contributed by atoms with van der Waals surface area (Å²) in [5, 5.41) is 12.9. The molecule has 0 aromatic heterocycles. The van der Waals surface area contributed by atoms with Crippen LogP contribution in [0.3, 0.4) is 0 Å². The lowest BCUT2D eigenvalue weighted by molar-refractivity contribution is -0.126. The van der Waals surface area contributed by atoms with Crippen LogP contribution in [0.5, 0.6) is 0 Å². The fourth-order valence-electron chi connectivity index (χ4n) is 3.48. The van der Waals surface area contributed by atoms with Crippen LogP contribution in [0.15, 0.2) is 24.3 Å². The predicted octanol–water partition coefficient (Wildman–Crippen LogP) is 2.38. The largest absolute Gasteiger partial charge is 0.394 e. The van der Waals surface area contributed by atoms with Crippen molar-refractivity contribution in [1.82, 2.24) is 5.32 Å². The molecule has 0 spiro atoms. The summed E-state index contributed by atoms with van der Waals surface area (Å²) in [5.74, 6) is 0.775. The van der Waals surface area contributed by atoms with Crippen molar-refractivity contribution in [1.29, 1.82) is 0 Å². The van der Waals surface area contributed by atoms with E-state index in [1.165, 1.54) is 5.56 Å². The number of rotatable bonds is 3. The molecule has 1 aromatic carbocycles. The first-order valence-corrected chi connectivity index (χ1v) is 7.64. The average Bonchev–Trinajstić information content (AvgIpc) is 2.43. The van der Waals surface area contributed by atoms with Gasteiger partial charge in [0.15, 0.2) is 0 Å². The highest BCUT2D eigenvalue weighted by molar-refractivity contribution is 5.87. The molecule has 1 saturated carbocycles. The lowest BCUT2D eigenvalue weighted by Gasteiger charge is -2.41. The van der Waals surface area contributed by atoms with E-state index in [4.69, 9.17) is 0 Å². The lowest BCUT2D eigenvalue weighted by Crippen LogP contribution is -2.55. The monoisotopic (exact) mass is 273 g/mol. The van der Waals surface area contributed by atoms with Gasteiger partial charge in [0.05, 0.1) is 18.1 Å². The molecule has 0 saturated heterocycles. The molecule has 0 bridgehead atoms. The fraction of sp³-hybridized carbons (Fsp3) is 0.588. The van der Waals surface area contributed by atoms with E-state index >= 15 is 0 Å². The van der Waals surface area contributed by atoms with Crippen molar-refractivity contribution in [3.8, 4) is 0 Å². The van der Waals surface area contributed by atoms with E-state index in [1.54, 1.807) is 0 Å². The van der Waals surface area contributed by atoms with Crippen molar-refractivity contribution in [2.45, 2.75) is 50.5 Å². The molecular weight excluding hydrogens is 250 g/mol. The molecule has 1 aromatic rings. The number of hydrogen-bond donors (Lipinski definition) is 2. The quantitative estimate of drug-likeness (QED) is 0.888. The maximum absolute atomic E-state index is 12.5. The van der Waals surface area contributed by atoms with Crippen molar-refractivity contribution < 1.29 is 9.90 Å². The van der Waals surface area contributed by atoms with Gasteiger partial charge in [0, 0.05) is 0 Å². The van der Waals surface area contributed by atoms with Crippen LogP contribution in [-0.4, -0.2) is 23.2 Å². The molecule has 0 heterocycles. The molecule has 20 heavy (non-hydrogen) atoms. The van der Waals surface area contributed by atoms with Gasteiger partial charge in [0.1, 0.15) is 0 Å². The maximum atomic E-state index is 12.5. The van der Waals surface area contributed by atoms with Gasteiger partial charge in [0.2, 0.25) is 5.91 Å². The first-order valence-electron chi connectivity index (χ1n) is 7.64. The Kier molecular flexibility index (Phi) is 3.55. The first kappa shape index (κ1) is 13.6. The van der Waals surface area contributed by atoms with Crippen molar-refractivity contribution in [3.05, 3.63) is 35.4 Å². The minimum atomic E-state index is -0.381. The second-order valence-corrected chi connectivity index (χ2v) is 6.57. The number of aliphatic hydroxyl groups is 1. The highest BCUT2D eigenvalue weighted by Crippen LogP contribution is 2.37. The zero-order valence-corrected chi connectivity index (χ0v) is 12.1. The van der Waals surface area contributed by atoms with Crippen molar-refractivity contribution in [2.75, 3.05) is 6.61 Å². The second kappa shape index (κ2) is 5.21. The Morgan fingerprint density at radius 1 is 1.35 bits per heavy atom. The van der Waals surface area contributed by atoms with Gasteiger partial charge in [-0.05, 0) is 49.1 Å². The van der Waals surface area contributed by atoms with Gasteiger partial charge < -0.3 is 10.4 Å². The van der Waals surface area contributed by atoms with Crippen molar-refractivity contribution in [3.63, 3.8) is 0 Å². The van der Waals surface area contributed by atoms with E-state index in [0.29, 0.717) is 5.92 Å². The average molecular weight is 273 g/mol. The lowest BCUT2D eigenvalue weighted by atomic mass is 9.74. The molecule has 1 atom stereocenters. The van der Waals surface area contributed by atoms with Crippen LogP contribution in [0, 0.1) is 5.92 Å². The molecule has 108 valence electrons. The number of nitrogens with one attached hydrogen (secondary N) is 1. The third kappa shape index (κ3) is 2.35. The summed E-state index contributed by atoms with van der Waals surface area (Å²) in [7, 11) is 0. The van der Waals surface area contributed by atoms with E-state index in [-0.39, 0.29) is 24.0 Å². The zero-order chi connectivity index (χ0) is 14.2. The summed E-state index contributed by atoms with van der Waals surface area (Å²) >= 11 is 0.